The van der Waals surface area contributed by atoms with E-state index in [0.29, 0.717) is 35.0 Å². The molecule has 1 aliphatic carbocycles. The van der Waals surface area contributed by atoms with Crippen LogP contribution in [0.25, 0.3) is 10.9 Å². The summed E-state index contributed by atoms with van der Waals surface area (Å²) in [6, 6.07) is 12.0. The molecule has 2 aliphatic rings. The van der Waals surface area contributed by atoms with Crippen LogP contribution in [0.15, 0.2) is 48.7 Å². The van der Waals surface area contributed by atoms with E-state index in [2.05, 4.69) is 15.6 Å². The topological polar surface area (TPSA) is 104 Å². The van der Waals surface area contributed by atoms with Crippen molar-refractivity contribution >= 4 is 46.1 Å². The SMILES string of the molecule is O=C(NC1CCCCC1NC(=O)c1ccc2c(Cl)c[nH]c2c1)c1ccc(N2CCCOC2=O)cc1. The molecule has 2 atom stereocenters. The number of nitrogens with one attached hydrogen (secondary N) is 3. The maximum Gasteiger partial charge on any atom is 0.414 e. The molecule has 1 aliphatic heterocycles. The molecular formula is C26H27ClN4O4. The molecule has 182 valence electrons. The molecule has 3 aromatic rings. The highest BCUT2D eigenvalue weighted by Gasteiger charge is 2.29. The first-order valence-corrected chi connectivity index (χ1v) is 12.3. The van der Waals surface area contributed by atoms with E-state index in [4.69, 9.17) is 16.3 Å². The van der Waals surface area contributed by atoms with Crippen LogP contribution < -0.4 is 15.5 Å². The van der Waals surface area contributed by atoms with Gasteiger partial charge < -0.3 is 20.4 Å². The van der Waals surface area contributed by atoms with Crippen molar-refractivity contribution in [2.45, 2.75) is 44.2 Å². The van der Waals surface area contributed by atoms with Gasteiger partial charge in [-0.3, -0.25) is 14.5 Å². The average molecular weight is 495 g/mol. The highest BCUT2D eigenvalue weighted by molar-refractivity contribution is 6.35. The zero-order valence-corrected chi connectivity index (χ0v) is 19.9. The fraction of sp³-hybridized carbons (Fsp3) is 0.346. The molecule has 0 spiro atoms. The summed E-state index contributed by atoms with van der Waals surface area (Å²) in [7, 11) is 0. The maximum atomic E-state index is 13.0. The third-order valence-corrected chi connectivity index (χ3v) is 7.02. The summed E-state index contributed by atoms with van der Waals surface area (Å²) in [5.41, 5.74) is 2.55. The lowest BCUT2D eigenvalue weighted by molar-refractivity contribution is 0.0863. The second-order valence-corrected chi connectivity index (χ2v) is 9.41. The van der Waals surface area contributed by atoms with Gasteiger partial charge >= 0.3 is 6.09 Å². The number of benzene rings is 2. The molecule has 1 saturated heterocycles. The molecule has 0 bridgehead atoms. The lowest BCUT2D eigenvalue weighted by atomic mass is 9.89. The van der Waals surface area contributed by atoms with Crippen LogP contribution in [0.5, 0.6) is 0 Å². The Bertz CT molecular complexity index is 1260. The summed E-state index contributed by atoms with van der Waals surface area (Å²) in [5.74, 6) is -0.382. The van der Waals surface area contributed by atoms with Crippen molar-refractivity contribution in [1.82, 2.24) is 15.6 Å². The molecule has 3 amide bonds. The summed E-state index contributed by atoms with van der Waals surface area (Å²) in [5, 5.41) is 7.70. The lowest BCUT2D eigenvalue weighted by Crippen LogP contribution is -2.53. The Labute approximate surface area is 208 Å². The first kappa shape index (κ1) is 23.2. The maximum absolute atomic E-state index is 13.0. The van der Waals surface area contributed by atoms with Gasteiger partial charge in [0.25, 0.3) is 11.8 Å². The molecule has 2 fully saturated rings. The van der Waals surface area contributed by atoms with Gasteiger partial charge in [0.1, 0.15) is 0 Å². The van der Waals surface area contributed by atoms with E-state index in [1.165, 1.54) is 0 Å². The number of fused-ring (bicyclic) bond motifs is 1. The van der Waals surface area contributed by atoms with Crippen molar-refractivity contribution < 1.29 is 19.1 Å². The van der Waals surface area contributed by atoms with Gasteiger partial charge in [-0.05, 0) is 55.7 Å². The van der Waals surface area contributed by atoms with E-state index in [1.54, 1.807) is 47.5 Å². The summed E-state index contributed by atoms with van der Waals surface area (Å²) in [6.45, 7) is 1.03. The smallest absolute Gasteiger partial charge is 0.414 e. The predicted molar refractivity (Wildman–Crippen MR) is 134 cm³/mol. The number of hydrogen-bond acceptors (Lipinski definition) is 4. The standard InChI is InChI=1S/C26H27ClN4O4/c27-20-15-28-23-14-17(8-11-19(20)23)25(33)30-22-5-2-1-4-21(22)29-24(32)16-6-9-18(10-7-16)31-12-3-13-35-26(31)34/h6-11,14-15,21-22,28H,1-5,12-13H2,(H,29,32)(H,30,33). The van der Waals surface area contributed by atoms with Crippen molar-refractivity contribution in [3.05, 3.63) is 64.8 Å². The zero-order chi connectivity index (χ0) is 24.4. The number of rotatable bonds is 5. The first-order chi connectivity index (χ1) is 17.0. The second-order valence-electron chi connectivity index (χ2n) is 9.01. The van der Waals surface area contributed by atoms with Crippen molar-refractivity contribution in [2.75, 3.05) is 18.1 Å². The van der Waals surface area contributed by atoms with Gasteiger partial charge in [0.05, 0.1) is 11.6 Å². The Kier molecular flexibility index (Phi) is 6.63. The van der Waals surface area contributed by atoms with Gasteiger partial charge in [0, 0.05) is 52.5 Å². The number of halogens is 1. The Balaban J connectivity index is 1.24. The van der Waals surface area contributed by atoms with Crippen LogP contribution >= 0.6 is 11.6 Å². The van der Waals surface area contributed by atoms with E-state index in [-0.39, 0.29) is 30.0 Å². The minimum atomic E-state index is -0.368. The van der Waals surface area contributed by atoms with Crippen LogP contribution in [-0.4, -0.2) is 48.1 Å². The number of ether oxygens (including phenoxy) is 1. The summed E-state index contributed by atoms with van der Waals surface area (Å²) < 4.78 is 5.09. The molecule has 2 aromatic carbocycles. The van der Waals surface area contributed by atoms with Gasteiger partial charge in [-0.15, -0.1) is 0 Å². The van der Waals surface area contributed by atoms with E-state index in [1.807, 2.05) is 6.07 Å². The minimum Gasteiger partial charge on any atom is -0.449 e. The molecule has 1 saturated carbocycles. The normalized spacial score (nSPS) is 20.4. The van der Waals surface area contributed by atoms with E-state index >= 15 is 0 Å². The molecule has 0 radical (unpaired) electrons. The fourth-order valence-corrected chi connectivity index (χ4v) is 5.01. The third kappa shape index (κ3) is 4.98. The molecule has 35 heavy (non-hydrogen) atoms. The van der Waals surface area contributed by atoms with Gasteiger partial charge in [0.15, 0.2) is 0 Å². The second kappa shape index (κ2) is 10.00. The highest BCUT2D eigenvalue weighted by atomic mass is 35.5. The number of carbonyl (C=O) groups is 3. The summed E-state index contributed by atoms with van der Waals surface area (Å²) >= 11 is 6.14. The van der Waals surface area contributed by atoms with Gasteiger partial charge in [-0.2, -0.15) is 0 Å². The number of aromatic amines is 1. The van der Waals surface area contributed by atoms with Crippen molar-refractivity contribution in [2.24, 2.45) is 0 Å². The van der Waals surface area contributed by atoms with Crippen LogP contribution in [-0.2, 0) is 4.74 Å². The molecule has 2 heterocycles. The van der Waals surface area contributed by atoms with Crippen LogP contribution in [0.2, 0.25) is 5.02 Å². The summed E-state index contributed by atoms with van der Waals surface area (Å²) in [6.07, 6.45) is 5.67. The number of cyclic esters (lactones) is 1. The number of anilines is 1. The van der Waals surface area contributed by atoms with E-state index < -0.39 is 0 Å². The van der Waals surface area contributed by atoms with Crippen LogP contribution in [0.1, 0.15) is 52.8 Å². The van der Waals surface area contributed by atoms with Crippen LogP contribution in [0.4, 0.5) is 10.5 Å². The minimum absolute atomic E-state index is 0.162. The Morgan fingerprint density at radius 1 is 0.943 bits per heavy atom. The van der Waals surface area contributed by atoms with Crippen molar-refractivity contribution in [3.8, 4) is 0 Å². The molecule has 9 heteroatoms. The average Bonchev–Trinajstić information content (AvgIpc) is 3.25. The molecule has 1 aromatic heterocycles. The molecule has 5 rings (SSSR count). The van der Waals surface area contributed by atoms with Gasteiger partial charge in [-0.25, -0.2) is 4.79 Å². The number of H-pyrrole nitrogens is 1. The predicted octanol–water partition coefficient (Wildman–Crippen LogP) is 4.64. The fourth-order valence-electron chi connectivity index (χ4n) is 4.79. The summed E-state index contributed by atoms with van der Waals surface area (Å²) in [4.78, 5) is 42.5. The number of carbonyl (C=O) groups excluding carboxylic acids is 3. The Morgan fingerprint density at radius 3 is 2.29 bits per heavy atom. The van der Waals surface area contributed by atoms with Crippen molar-refractivity contribution in [1.29, 1.82) is 0 Å². The lowest BCUT2D eigenvalue weighted by Gasteiger charge is -2.33. The molecule has 3 N–H and O–H groups in total. The highest BCUT2D eigenvalue weighted by Crippen LogP contribution is 2.25. The number of aromatic nitrogens is 1. The van der Waals surface area contributed by atoms with Gasteiger partial charge in [0.2, 0.25) is 0 Å². The van der Waals surface area contributed by atoms with Crippen molar-refractivity contribution in [3.63, 3.8) is 0 Å². The molecular weight excluding hydrogens is 468 g/mol. The number of nitrogens with zero attached hydrogens (tertiary/aromatic N) is 1. The molecule has 8 nitrogen and oxygen atoms in total. The quantitative estimate of drug-likeness (QED) is 0.480. The van der Waals surface area contributed by atoms with E-state index in [9.17, 15) is 14.4 Å². The van der Waals surface area contributed by atoms with Gasteiger partial charge in [-0.1, -0.05) is 30.5 Å². The van der Waals surface area contributed by atoms with Crippen LogP contribution in [0.3, 0.4) is 0 Å². The first-order valence-electron chi connectivity index (χ1n) is 11.9. The Hall–Kier alpha value is -3.52. The van der Waals surface area contributed by atoms with E-state index in [0.717, 1.165) is 43.0 Å². The number of hydrogen-bond donors (Lipinski definition) is 3. The number of amides is 3. The zero-order valence-electron chi connectivity index (χ0n) is 19.2. The Morgan fingerprint density at radius 2 is 1.60 bits per heavy atom. The largest absolute Gasteiger partial charge is 0.449 e. The third-order valence-electron chi connectivity index (χ3n) is 6.71. The molecule has 2 unspecified atom stereocenters. The monoisotopic (exact) mass is 494 g/mol. The van der Waals surface area contributed by atoms with Crippen LogP contribution in [0, 0.1) is 0 Å².